The number of carboxylic acids is 1. The Morgan fingerprint density at radius 2 is 2.17 bits per heavy atom. The van der Waals surface area contributed by atoms with Crippen molar-refractivity contribution in [3.8, 4) is 0 Å². The Balaban J connectivity index is 2.71. The monoisotopic (exact) mass is 254 g/mol. The number of rotatable bonds is 6. The summed E-state index contributed by atoms with van der Waals surface area (Å²) >= 11 is 0. The van der Waals surface area contributed by atoms with Crippen molar-refractivity contribution >= 4 is 11.9 Å². The molecule has 102 valence electrons. The molecule has 1 rings (SSSR count). The number of aromatic nitrogens is 2. The Bertz CT molecular complexity index is 412. The third-order valence-corrected chi connectivity index (χ3v) is 2.90. The molecule has 0 saturated heterocycles. The van der Waals surface area contributed by atoms with Gasteiger partial charge in [-0.25, -0.2) is 4.98 Å². The summed E-state index contributed by atoms with van der Waals surface area (Å²) in [6, 6.07) is -0.539. The molecule has 1 aromatic rings. The number of hydrogen-bond acceptors (Lipinski definition) is 4. The molecular formula is C12H22N4O2. The van der Waals surface area contributed by atoms with Gasteiger partial charge in [-0.1, -0.05) is 13.8 Å². The molecule has 1 unspecified atom stereocenters. The summed E-state index contributed by atoms with van der Waals surface area (Å²) in [5.74, 6) is 0.0762. The van der Waals surface area contributed by atoms with E-state index < -0.39 is 12.0 Å². The lowest BCUT2D eigenvalue weighted by Gasteiger charge is -2.18. The number of nitrogens with one attached hydrogen (secondary N) is 1. The van der Waals surface area contributed by atoms with E-state index in [4.69, 9.17) is 5.11 Å². The highest BCUT2D eigenvalue weighted by atomic mass is 16.4. The van der Waals surface area contributed by atoms with Crippen LogP contribution in [-0.2, 0) is 18.4 Å². The molecule has 0 amide bonds. The zero-order chi connectivity index (χ0) is 13.9. The maximum atomic E-state index is 11.1. The van der Waals surface area contributed by atoms with Crippen molar-refractivity contribution in [2.24, 2.45) is 13.0 Å². The van der Waals surface area contributed by atoms with Crippen LogP contribution >= 0.6 is 0 Å². The van der Waals surface area contributed by atoms with Crippen molar-refractivity contribution in [2.45, 2.75) is 26.4 Å². The van der Waals surface area contributed by atoms with Crippen molar-refractivity contribution in [1.29, 1.82) is 0 Å². The minimum absolute atomic E-state index is 0.0454. The largest absolute Gasteiger partial charge is 0.480 e. The van der Waals surface area contributed by atoms with Crippen LogP contribution in [-0.4, -0.2) is 40.8 Å². The predicted octanol–water partition coefficient (Wildman–Crippen LogP) is 0.685. The molecule has 1 aromatic heterocycles. The van der Waals surface area contributed by atoms with E-state index in [1.54, 1.807) is 6.20 Å². The second-order valence-electron chi connectivity index (χ2n) is 4.94. The van der Waals surface area contributed by atoms with E-state index in [1.165, 1.54) is 0 Å². The lowest BCUT2D eigenvalue weighted by molar-refractivity contribution is -0.140. The lowest BCUT2D eigenvalue weighted by atomic mass is 10.0. The van der Waals surface area contributed by atoms with Crippen LogP contribution in [0.2, 0.25) is 0 Å². The maximum Gasteiger partial charge on any atom is 0.320 e. The first-order chi connectivity index (χ1) is 8.34. The fraction of sp³-hybridized carbons (Fsp3) is 0.667. The molecule has 0 aliphatic heterocycles. The highest BCUT2D eigenvalue weighted by Gasteiger charge is 2.21. The van der Waals surface area contributed by atoms with Gasteiger partial charge >= 0.3 is 5.97 Å². The van der Waals surface area contributed by atoms with Gasteiger partial charge in [-0.15, -0.1) is 0 Å². The highest BCUT2D eigenvalue weighted by Crippen LogP contribution is 2.11. The van der Waals surface area contributed by atoms with Gasteiger partial charge in [0.1, 0.15) is 6.04 Å². The molecule has 0 spiro atoms. The summed E-state index contributed by atoms with van der Waals surface area (Å²) in [4.78, 5) is 17.3. The second-order valence-corrected chi connectivity index (χ2v) is 4.94. The molecular weight excluding hydrogens is 232 g/mol. The number of aliphatic carboxylic acids is 1. The number of anilines is 1. The summed E-state index contributed by atoms with van der Waals surface area (Å²) in [7, 11) is 5.77. The summed E-state index contributed by atoms with van der Waals surface area (Å²) < 4.78 is 1.95. The van der Waals surface area contributed by atoms with E-state index in [0.29, 0.717) is 6.54 Å². The van der Waals surface area contributed by atoms with Gasteiger partial charge in [0.15, 0.2) is 0 Å². The number of carboxylic acid groups (broad SMARTS) is 1. The Labute approximate surface area is 108 Å². The average Bonchev–Trinajstić information content (AvgIpc) is 2.59. The summed E-state index contributed by atoms with van der Waals surface area (Å²) in [6.07, 6.45) is 1.77. The quantitative estimate of drug-likeness (QED) is 0.781. The number of imidazole rings is 1. The summed E-state index contributed by atoms with van der Waals surface area (Å²) in [6.45, 7) is 4.27. The minimum atomic E-state index is -0.819. The van der Waals surface area contributed by atoms with Crippen LogP contribution in [0.4, 0.5) is 5.95 Å². The third kappa shape index (κ3) is 3.22. The molecule has 0 fully saturated rings. The molecule has 1 heterocycles. The van der Waals surface area contributed by atoms with Crippen LogP contribution < -0.4 is 10.2 Å². The van der Waals surface area contributed by atoms with Crippen LogP contribution in [0.15, 0.2) is 6.20 Å². The first-order valence-electron chi connectivity index (χ1n) is 5.98. The second kappa shape index (κ2) is 5.86. The van der Waals surface area contributed by atoms with E-state index >= 15 is 0 Å². The van der Waals surface area contributed by atoms with Crippen LogP contribution in [0, 0.1) is 5.92 Å². The SMILES string of the molecule is CC(C)C(NCc1cnc(N(C)C)n1C)C(=O)O. The summed E-state index contributed by atoms with van der Waals surface area (Å²) in [5.41, 5.74) is 0.964. The van der Waals surface area contributed by atoms with Gasteiger partial charge in [0.25, 0.3) is 0 Å². The molecule has 0 aliphatic carbocycles. The molecule has 0 radical (unpaired) electrons. The topological polar surface area (TPSA) is 70.4 Å². The van der Waals surface area contributed by atoms with Gasteiger partial charge in [0.05, 0.1) is 11.9 Å². The van der Waals surface area contributed by atoms with Crippen molar-refractivity contribution in [3.05, 3.63) is 11.9 Å². The molecule has 6 heteroatoms. The van der Waals surface area contributed by atoms with Crippen molar-refractivity contribution < 1.29 is 9.90 Å². The lowest BCUT2D eigenvalue weighted by Crippen LogP contribution is -2.40. The van der Waals surface area contributed by atoms with E-state index in [1.807, 2.05) is 44.5 Å². The van der Waals surface area contributed by atoms with Crippen LogP contribution in [0.1, 0.15) is 19.5 Å². The van der Waals surface area contributed by atoms with Gasteiger partial charge < -0.3 is 14.6 Å². The molecule has 18 heavy (non-hydrogen) atoms. The van der Waals surface area contributed by atoms with E-state index in [2.05, 4.69) is 10.3 Å². The van der Waals surface area contributed by atoms with E-state index in [0.717, 1.165) is 11.6 Å². The molecule has 0 aliphatic rings. The van der Waals surface area contributed by atoms with Gasteiger partial charge in [-0.05, 0) is 5.92 Å². The van der Waals surface area contributed by atoms with Crippen LogP contribution in [0.5, 0.6) is 0 Å². The fourth-order valence-corrected chi connectivity index (χ4v) is 1.84. The highest BCUT2D eigenvalue weighted by molar-refractivity contribution is 5.73. The first-order valence-corrected chi connectivity index (χ1v) is 5.98. The number of carbonyl (C=O) groups is 1. The van der Waals surface area contributed by atoms with Gasteiger partial charge in [-0.2, -0.15) is 0 Å². The zero-order valence-electron chi connectivity index (χ0n) is 11.6. The van der Waals surface area contributed by atoms with E-state index in [9.17, 15) is 4.79 Å². The summed E-state index contributed by atoms with van der Waals surface area (Å²) in [5, 5.41) is 12.1. The Hall–Kier alpha value is -1.56. The minimum Gasteiger partial charge on any atom is -0.480 e. The first kappa shape index (κ1) is 14.5. The molecule has 0 bridgehead atoms. The fourth-order valence-electron chi connectivity index (χ4n) is 1.84. The van der Waals surface area contributed by atoms with Gasteiger partial charge in [0.2, 0.25) is 5.95 Å². The van der Waals surface area contributed by atoms with Crippen LogP contribution in [0.3, 0.4) is 0 Å². The average molecular weight is 254 g/mol. The Kier molecular flexibility index (Phi) is 4.72. The van der Waals surface area contributed by atoms with Gasteiger partial charge in [0, 0.05) is 27.7 Å². The van der Waals surface area contributed by atoms with Crippen molar-refractivity contribution in [2.75, 3.05) is 19.0 Å². The number of nitrogens with zero attached hydrogens (tertiary/aromatic N) is 3. The Morgan fingerprint density at radius 1 is 1.56 bits per heavy atom. The molecule has 0 aromatic carbocycles. The van der Waals surface area contributed by atoms with Gasteiger partial charge in [-0.3, -0.25) is 10.1 Å². The zero-order valence-corrected chi connectivity index (χ0v) is 11.6. The van der Waals surface area contributed by atoms with Crippen LogP contribution in [0.25, 0.3) is 0 Å². The Morgan fingerprint density at radius 3 is 2.56 bits per heavy atom. The molecule has 1 atom stereocenters. The molecule has 2 N–H and O–H groups in total. The van der Waals surface area contributed by atoms with E-state index in [-0.39, 0.29) is 5.92 Å². The standard InChI is InChI=1S/C12H22N4O2/c1-8(2)10(11(17)18)13-6-9-7-14-12(15(3)4)16(9)5/h7-8,10,13H,6H2,1-5H3,(H,17,18). The molecule has 0 saturated carbocycles. The third-order valence-electron chi connectivity index (χ3n) is 2.90. The molecule has 6 nitrogen and oxygen atoms in total. The van der Waals surface area contributed by atoms with Crippen molar-refractivity contribution in [1.82, 2.24) is 14.9 Å². The normalized spacial score (nSPS) is 12.8. The number of hydrogen-bond donors (Lipinski definition) is 2. The maximum absolute atomic E-state index is 11.1. The smallest absolute Gasteiger partial charge is 0.320 e. The van der Waals surface area contributed by atoms with Crippen molar-refractivity contribution in [3.63, 3.8) is 0 Å². The predicted molar refractivity (Wildman–Crippen MR) is 70.6 cm³/mol.